The molecule has 4 aromatic rings. The number of anilines is 1. The fourth-order valence-corrected chi connectivity index (χ4v) is 4.31. The third-order valence-electron chi connectivity index (χ3n) is 4.51. The van der Waals surface area contributed by atoms with Crippen LogP contribution in [0.4, 0.5) is 5.69 Å². The lowest BCUT2D eigenvalue weighted by atomic mass is 10.2. The lowest BCUT2D eigenvalue weighted by molar-refractivity contribution is 0.594. The molecule has 0 aliphatic rings. The van der Waals surface area contributed by atoms with Gasteiger partial charge in [-0.2, -0.15) is 5.10 Å². The molecule has 140 valence electrons. The summed E-state index contributed by atoms with van der Waals surface area (Å²) < 4.78 is 29.8. The molecular weight excluding hydrogens is 370 g/mol. The summed E-state index contributed by atoms with van der Waals surface area (Å²) in [5, 5.41) is 4.60. The third-order valence-corrected chi connectivity index (χ3v) is 6.29. The molecule has 5 nitrogen and oxygen atoms in total. The van der Waals surface area contributed by atoms with Crippen molar-refractivity contribution in [3.8, 4) is 16.9 Å². The SMILES string of the molecule is CN(c1ccccc1)S(=O)(=O)c1cn(-c2ccccc2)nc1-c1ccccc1. The Kier molecular flexibility index (Phi) is 4.71. The Morgan fingerprint density at radius 1 is 0.786 bits per heavy atom. The molecule has 0 amide bonds. The Morgan fingerprint density at radius 3 is 1.93 bits per heavy atom. The van der Waals surface area contributed by atoms with E-state index in [1.165, 1.54) is 4.31 Å². The zero-order chi connectivity index (χ0) is 19.6. The molecule has 3 aromatic carbocycles. The van der Waals surface area contributed by atoms with E-state index in [9.17, 15) is 8.42 Å². The summed E-state index contributed by atoms with van der Waals surface area (Å²) in [6.07, 6.45) is 1.58. The molecule has 0 atom stereocenters. The number of hydrogen-bond acceptors (Lipinski definition) is 3. The van der Waals surface area contributed by atoms with Crippen LogP contribution in [0.25, 0.3) is 16.9 Å². The molecule has 0 radical (unpaired) electrons. The van der Waals surface area contributed by atoms with Crippen LogP contribution in [0.3, 0.4) is 0 Å². The van der Waals surface area contributed by atoms with Gasteiger partial charge in [-0.05, 0) is 24.3 Å². The Balaban J connectivity index is 1.89. The van der Waals surface area contributed by atoms with E-state index in [4.69, 9.17) is 0 Å². The van der Waals surface area contributed by atoms with Gasteiger partial charge < -0.3 is 0 Å². The van der Waals surface area contributed by atoms with Gasteiger partial charge in [-0.25, -0.2) is 13.1 Å². The number of aromatic nitrogens is 2. The molecule has 0 aliphatic heterocycles. The summed E-state index contributed by atoms with van der Waals surface area (Å²) >= 11 is 0. The monoisotopic (exact) mass is 389 g/mol. The summed E-state index contributed by atoms with van der Waals surface area (Å²) in [6.45, 7) is 0. The molecule has 0 aliphatic carbocycles. The van der Waals surface area contributed by atoms with E-state index in [1.807, 2.05) is 78.9 Å². The molecule has 0 N–H and O–H groups in total. The maximum atomic E-state index is 13.4. The van der Waals surface area contributed by atoms with E-state index in [0.717, 1.165) is 11.3 Å². The largest absolute Gasteiger partial charge is 0.269 e. The van der Waals surface area contributed by atoms with Crippen molar-refractivity contribution in [2.45, 2.75) is 4.90 Å². The molecule has 6 heteroatoms. The number of sulfonamides is 1. The second-order valence-corrected chi connectivity index (χ2v) is 8.23. The van der Waals surface area contributed by atoms with Crippen molar-refractivity contribution in [2.75, 3.05) is 11.4 Å². The van der Waals surface area contributed by atoms with Crippen molar-refractivity contribution < 1.29 is 8.42 Å². The molecule has 1 heterocycles. The highest BCUT2D eigenvalue weighted by Crippen LogP contribution is 2.31. The van der Waals surface area contributed by atoms with Crippen LogP contribution in [0, 0.1) is 0 Å². The molecule has 0 spiro atoms. The topological polar surface area (TPSA) is 55.2 Å². The van der Waals surface area contributed by atoms with Crippen molar-refractivity contribution in [3.63, 3.8) is 0 Å². The third kappa shape index (κ3) is 3.30. The fourth-order valence-electron chi connectivity index (χ4n) is 2.98. The quantitative estimate of drug-likeness (QED) is 0.509. The second-order valence-electron chi connectivity index (χ2n) is 6.30. The smallest absolute Gasteiger partial charge is 0.267 e. The highest BCUT2D eigenvalue weighted by Gasteiger charge is 2.28. The Bertz CT molecular complexity index is 1170. The van der Waals surface area contributed by atoms with Crippen molar-refractivity contribution in [3.05, 3.63) is 97.2 Å². The van der Waals surface area contributed by atoms with Gasteiger partial charge in [0.15, 0.2) is 0 Å². The van der Waals surface area contributed by atoms with Crippen LogP contribution in [0.1, 0.15) is 0 Å². The zero-order valence-electron chi connectivity index (χ0n) is 15.3. The van der Waals surface area contributed by atoms with E-state index >= 15 is 0 Å². The van der Waals surface area contributed by atoms with Crippen molar-refractivity contribution in [1.29, 1.82) is 0 Å². The average molecular weight is 389 g/mol. The van der Waals surface area contributed by atoms with Gasteiger partial charge in [0, 0.05) is 12.6 Å². The van der Waals surface area contributed by atoms with Crippen molar-refractivity contribution in [2.24, 2.45) is 0 Å². The standard InChI is InChI=1S/C22H19N3O2S/c1-24(19-13-7-3-8-14-19)28(26,27)21-17-25(20-15-9-4-10-16-20)23-22(21)18-11-5-2-6-12-18/h2-17H,1H3. The van der Waals surface area contributed by atoms with Crippen LogP contribution in [-0.2, 0) is 10.0 Å². The number of rotatable bonds is 5. The molecule has 0 bridgehead atoms. The van der Waals surface area contributed by atoms with Gasteiger partial charge >= 0.3 is 0 Å². The van der Waals surface area contributed by atoms with Gasteiger partial charge in [0.25, 0.3) is 10.0 Å². The maximum Gasteiger partial charge on any atom is 0.267 e. The number of para-hydroxylation sites is 2. The van der Waals surface area contributed by atoms with Gasteiger partial charge in [-0.3, -0.25) is 4.31 Å². The van der Waals surface area contributed by atoms with Crippen LogP contribution < -0.4 is 4.31 Å². The van der Waals surface area contributed by atoms with Crippen LogP contribution in [0.2, 0.25) is 0 Å². The summed E-state index contributed by atoms with van der Waals surface area (Å²) in [7, 11) is -2.25. The first-order chi connectivity index (χ1) is 13.6. The molecule has 0 unspecified atom stereocenters. The molecule has 28 heavy (non-hydrogen) atoms. The lowest BCUT2D eigenvalue weighted by Gasteiger charge is -2.19. The Labute approximate surface area is 164 Å². The van der Waals surface area contributed by atoms with Crippen LogP contribution in [-0.4, -0.2) is 25.2 Å². The molecule has 0 saturated carbocycles. The van der Waals surface area contributed by atoms with E-state index in [2.05, 4.69) is 5.10 Å². The predicted molar refractivity (Wildman–Crippen MR) is 111 cm³/mol. The van der Waals surface area contributed by atoms with Crippen LogP contribution >= 0.6 is 0 Å². The number of nitrogens with zero attached hydrogens (tertiary/aromatic N) is 3. The highest BCUT2D eigenvalue weighted by molar-refractivity contribution is 7.93. The Morgan fingerprint density at radius 2 is 1.32 bits per heavy atom. The fraction of sp³-hybridized carbons (Fsp3) is 0.0455. The van der Waals surface area contributed by atoms with Gasteiger partial charge in [-0.1, -0.05) is 66.7 Å². The Hall–Kier alpha value is -3.38. The van der Waals surface area contributed by atoms with Crippen molar-refractivity contribution in [1.82, 2.24) is 9.78 Å². The summed E-state index contributed by atoms with van der Waals surface area (Å²) in [4.78, 5) is 0.161. The highest BCUT2D eigenvalue weighted by atomic mass is 32.2. The summed E-state index contributed by atoms with van der Waals surface area (Å²) in [5.41, 5.74) is 2.56. The maximum absolute atomic E-state index is 13.4. The van der Waals surface area contributed by atoms with Gasteiger partial charge in [0.05, 0.1) is 17.6 Å². The molecular formula is C22H19N3O2S. The first-order valence-electron chi connectivity index (χ1n) is 8.82. The minimum atomic E-state index is -3.81. The number of benzene rings is 3. The van der Waals surface area contributed by atoms with Gasteiger partial charge in [-0.15, -0.1) is 0 Å². The second kappa shape index (κ2) is 7.32. The van der Waals surface area contributed by atoms with Gasteiger partial charge in [0.1, 0.15) is 10.6 Å². The molecule has 0 saturated heterocycles. The minimum absolute atomic E-state index is 0.161. The van der Waals surface area contributed by atoms with E-state index in [-0.39, 0.29) is 4.90 Å². The predicted octanol–water partition coefficient (Wildman–Crippen LogP) is 4.36. The first-order valence-corrected chi connectivity index (χ1v) is 10.3. The minimum Gasteiger partial charge on any atom is -0.269 e. The van der Waals surface area contributed by atoms with E-state index in [0.29, 0.717) is 11.4 Å². The van der Waals surface area contributed by atoms with E-state index in [1.54, 1.807) is 30.1 Å². The van der Waals surface area contributed by atoms with E-state index < -0.39 is 10.0 Å². The molecule has 4 rings (SSSR count). The zero-order valence-corrected chi connectivity index (χ0v) is 16.1. The summed E-state index contributed by atoms with van der Waals surface area (Å²) in [5.74, 6) is 0. The van der Waals surface area contributed by atoms with Crippen LogP contribution in [0.15, 0.2) is 102 Å². The van der Waals surface area contributed by atoms with Crippen molar-refractivity contribution >= 4 is 15.7 Å². The first kappa shape index (κ1) is 18.0. The number of hydrogen-bond donors (Lipinski definition) is 0. The lowest BCUT2D eigenvalue weighted by Crippen LogP contribution is -2.26. The van der Waals surface area contributed by atoms with Crippen LogP contribution in [0.5, 0.6) is 0 Å². The molecule has 1 aromatic heterocycles. The average Bonchev–Trinajstić information content (AvgIpc) is 3.21. The summed E-state index contributed by atoms with van der Waals surface area (Å²) in [6, 6.07) is 27.8. The van der Waals surface area contributed by atoms with Gasteiger partial charge in [0.2, 0.25) is 0 Å². The normalized spacial score (nSPS) is 11.3. The molecule has 0 fully saturated rings.